The van der Waals surface area contributed by atoms with Gasteiger partial charge in [-0.2, -0.15) is 4.39 Å². The minimum atomic E-state index is -2.00. The first-order valence-electron chi connectivity index (χ1n) is 3.56. The average Bonchev–Trinajstić information content (AvgIpc) is 2.16. The van der Waals surface area contributed by atoms with Crippen molar-refractivity contribution in [1.29, 1.82) is 0 Å². The highest BCUT2D eigenvalue weighted by molar-refractivity contribution is 5.93. The van der Waals surface area contributed by atoms with Gasteiger partial charge in [-0.25, -0.2) is 0 Å². The Labute approximate surface area is 81.4 Å². The molecule has 0 spiro atoms. The molecule has 0 aliphatic heterocycles. The Kier molecular flexibility index (Phi) is 2.70. The molecule has 0 aromatic heterocycles. The summed E-state index contributed by atoms with van der Waals surface area (Å²) >= 11 is 0. The maximum absolute atomic E-state index is 12.3. The van der Waals surface area contributed by atoms with Crippen LogP contribution in [-0.2, 0) is 0 Å². The monoisotopic (exact) mass is 214 g/mol. The van der Waals surface area contributed by atoms with Gasteiger partial charge in [-0.3, -0.25) is 25.0 Å². The summed E-state index contributed by atoms with van der Waals surface area (Å²) in [6.45, 7) is 0. The van der Waals surface area contributed by atoms with Crippen LogP contribution < -0.4 is 0 Å². The van der Waals surface area contributed by atoms with Crippen LogP contribution in [0.1, 0.15) is 10.4 Å². The van der Waals surface area contributed by atoms with Crippen LogP contribution in [-0.4, -0.2) is 15.9 Å². The van der Waals surface area contributed by atoms with Crippen molar-refractivity contribution in [3.8, 4) is 0 Å². The van der Waals surface area contributed by atoms with Crippen molar-refractivity contribution in [2.45, 2.75) is 0 Å². The first-order valence-corrected chi connectivity index (χ1v) is 3.56. The van der Waals surface area contributed by atoms with Crippen LogP contribution in [0.25, 0.3) is 0 Å². The zero-order chi connectivity index (χ0) is 11.6. The van der Waals surface area contributed by atoms with E-state index in [1.807, 2.05) is 0 Å². The number of non-ortho nitro benzene ring substituents is 1. The number of halogens is 1. The van der Waals surface area contributed by atoms with Crippen LogP contribution >= 0.6 is 0 Å². The summed E-state index contributed by atoms with van der Waals surface area (Å²) < 4.78 is 12.3. The second-order valence-corrected chi connectivity index (χ2v) is 2.49. The van der Waals surface area contributed by atoms with Gasteiger partial charge in [0.05, 0.1) is 15.9 Å². The van der Waals surface area contributed by atoms with Crippen molar-refractivity contribution in [2.75, 3.05) is 0 Å². The molecule has 1 rings (SSSR count). The molecule has 0 atom stereocenters. The number of hydrogen-bond donors (Lipinski definition) is 0. The summed E-state index contributed by atoms with van der Waals surface area (Å²) in [5.41, 5.74) is -2.30. The highest BCUT2D eigenvalue weighted by Gasteiger charge is 2.23. The molecule has 0 bridgehead atoms. The fraction of sp³-hybridized carbons (Fsp3) is 0. The summed E-state index contributed by atoms with van der Waals surface area (Å²) in [4.78, 5) is 29.0. The van der Waals surface area contributed by atoms with E-state index in [0.717, 1.165) is 6.07 Å². The Morgan fingerprint density at radius 2 is 1.80 bits per heavy atom. The first kappa shape index (κ1) is 10.7. The lowest BCUT2D eigenvalue weighted by molar-refractivity contribution is -0.394. The molecule has 1 aromatic rings. The molecule has 0 unspecified atom stereocenters. The highest BCUT2D eigenvalue weighted by atomic mass is 19.1. The van der Waals surface area contributed by atoms with E-state index >= 15 is 0 Å². The Balaban J connectivity index is 3.40. The number of rotatable bonds is 3. The molecule has 0 radical (unpaired) electrons. The molecule has 0 fully saturated rings. The van der Waals surface area contributed by atoms with E-state index in [2.05, 4.69) is 0 Å². The zero-order valence-electron chi connectivity index (χ0n) is 7.05. The average molecular weight is 214 g/mol. The predicted molar refractivity (Wildman–Crippen MR) is 45.2 cm³/mol. The molecule has 8 heteroatoms. The lowest BCUT2D eigenvalue weighted by Crippen LogP contribution is -2.00. The first-order chi connectivity index (χ1) is 6.93. The summed E-state index contributed by atoms with van der Waals surface area (Å²) in [7, 11) is 0. The van der Waals surface area contributed by atoms with E-state index in [9.17, 15) is 29.4 Å². The van der Waals surface area contributed by atoms with Gasteiger partial charge in [0.15, 0.2) is 0 Å². The van der Waals surface area contributed by atoms with Crippen molar-refractivity contribution in [3.63, 3.8) is 0 Å². The van der Waals surface area contributed by atoms with Gasteiger partial charge in [-0.05, 0) is 6.07 Å². The summed E-state index contributed by atoms with van der Waals surface area (Å²) in [5, 5.41) is 20.6. The third kappa shape index (κ3) is 2.10. The molecule has 15 heavy (non-hydrogen) atoms. The van der Waals surface area contributed by atoms with E-state index in [-0.39, 0.29) is 0 Å². The van der Waals surface area contributed by atoms with Crippen molar-refractivity contribution in [1.82, 2.24) is 0 Å². The number of carbonyl (C=O) groups is 1. The number of hydrogen-bond acceptors (Lipinski definition) is 5. The molecule has 0 aliphatic rings. The largest absolute Gasteiger partial charge is 0.339 e. The molecular formula is C7H3FN2O5. The normalized spacial score (nSPS) is 9.67. The smallest absolute Gasteiger partial charge is 0.258 e. The van der Waals surface area contributed by atoms with Crippen molar-refractivity contribution >= 4 is 17.4 Å². The molecule has 78 valence electrons. The third-order valence-corrected chi connectivity index (χ3v) is 1.60. The fourth-order valence-corrected chi connectivity index (χ4v) is 0.951. The topological polar surface area (TPSA) is 103 Å². The van der Waals surface area contributed by atoms with Gasteiger partial charge in [0.25, 0.3) is 11.4 Å². The lowest BCUT2D eigenvalue weighted by atomic mass is 10.1. The van der Waals surface area contributed by atoms with Gasteiger partial charge in [-0.1, -0.05) is 0 Å². The van der Waals surface area contributed by atoms with Gasteiger partial charge >= 0.3 is 6.04 Å². The molecule has 0 saturated heterocycles. The number of nitro benzene ring substituents is 2. The number of benzene rings is 1. The Hall–Kier alpha value is -2.38. The van der Waals surface area contributed by atoms with E-state index in [1.165, 1.54) is 0 Å². The lowest BCUT2D eigenvalue weighted by Gasteiger charge is -1.96. The van der Waals surface area contributed by atoms with Crippen LogP contribution in [0.2, 0.25) is 0 Å². The van der Waals surface area contributed by atoms with Crippen LogP contribution in [0.4, 0.5) is 15.8 Å². The highest BCUT2D eigenvalue weighted by Crippen LogP contribution is 2.25. The summed E-state index contributed by atoms with van der Waals surface area (Å²) in [5.74, 6) is 0. The van der Waals surface area contributed by atoms with E-state index in [0.29, 0.717) is 12.1 Å². The van der Waals surface area contributed by atoms with Crippen LogP contribution in [0.5, 0.6) is 0 Å². The van der Waals surface area contributed by atoms with Crippen LogP contribution in [0, 0.1) is 20.2 Å². The Morgan fingerprint density at radius 3 is 2.20 bits per heavy atom. The van der Waals surface area contributed by atoms with Crippen molar-refractivity contribution < 1.29 is 19.0 Å². The Morgan fingerprint density at radius 1 is 1.20 bits per heavy atom. The molecule has 0 N–H and O–H groups in total. The molecule has 0 heterocycles. The van der Waals surface area contributed by atoms with Gasteiger partial charge in [0.2, 0.25) is 0 Å². The predicted octanol–water partition coefficient (Wildman–Crippen LogP) is 1.61. The molecule has 0 aliphatic carbocycles. The number of carbonyl (C=O) groups excluding carboxylic acids is 1. The van der Waals surface area contributed by atoms with Gasteiger partial charge in [0.1, 0.15) is 5.56 Å². The third-order valence-electron chi connectivity index (χ3n) is 1.60. The Bertz CT molecular complexity index is 459. The summed E-state index contributed by atoms with van der Waals surface area (Å²) in [6.07, 6.45) is 0. The minimum absolute atomic E-state index is 0.535. The van der Waals surface area contributed by atoms with Gasteiger partial charge in [-0.15, -0.1) is 0 Å². The standard InChI is InChI=1S/C7H3FN2O5/c8-7(11)5-2-1-4(9(12)13)3-6(5)10(14)15/h1-3H. The summed E-state index contributed by atoms with van der Waals surface area (Å²) in [6, 6.07) is 0.0576. The molecular weight excluding hydrogens is 211 g/mol. The minimum Gasteiger partial charge on any atom is -0.258 e. The van der Waals surface area contributed by atoms with Gasteiger partial charge in [0, 0.05) is 6.07 Å². The molecule has 0 saturated carbocycles. The van der Waals surface area contributed by atoms with Crippen LogP contribution in [0.3, 0.4) is 0 Å². The van der Waals surface area contributed by atoms with E-state index in [4.69, 9.17) is 0 Å². The van der Waals surface area contributed by atoms with Crippen molar-refractivity contribution in [2.24, 2.45) is 0 Å². The quantitative estimate of drug-likeness (QED) is 0.431. The molecule has 7 nitrogen and oxygen atoms in total. The van der Waals surface area contributed by atoms with Crippen LogP contribution in [0.15, 0.2) is 18.2 Å². The second-order valence-electron chi connectivity index (χ2n) is 2.49. The number of nitrogens with zero attached hydrogens (tertiary/aromatic N) is 2. The van der Waals surface area contributed by atoms with E-state index < -0.39 is 32.8 Å². The SMILES string of the molecule is O=C(F)c1ccc([N+](=O)[O-])cc1[N+](=O)[O-]. The number of nitro groups is 2. The van der Waals surface area contributed by atoms with Gasteiger partial charge < -0.3 is 0 Å². The molecule has 1 aromatic carbocycles. The molecule has 0 amide bonds. The second kappa shape index (κ2) is 3.78. The maximum Gasteiger partial charge on any atom is 0.339 e. The maximum atomic E-state index is 12.3. The van der Waals surface area contributed by atoms with Crippen molar-refractivity contribution in [3.05, 3.63) is 44.0 Å². The van der Waals surface area contributed by atoms with E-state index in [1.54, 1.807) is 0 Å². The fourth-order valence-electron chi connectivity index (χ4n) is 0.951. The zero-order valence-corrected chi connectivity index (χ0v) is 7.05.